The Labute approximate surface area is 105 Å². The lowest BCUT2D eigenvalue weighted by molar-refractivity contribution is 0.0689. The van der Waals surface area contributed by atoms with Gasteiger partial charge < -0.3 is 15.6 Å². The van der Waals surface area contributed by atoms with E-state index >= 15 is 0 Å². The summed E-state index contributed by atoms with van der Waals surface area (Å²) in [7, 11) is 0. The van der Waals surface area contributed by atoms with Gasteiger partial charge >= 0.3 is 5.97 Å². The molecule has 2 heterocycles. The zero-order valence-electron chi connectivity index (χ0n) is 10.2. The van der Waals surface area contributed by atoms with Crippen LogP contribution in [-0.2, 0) is 17.7 Å². The zero-order chi connectivity index (χ0) is 13.0. The summed E-state index contributed by atoms with van der Waals surface area (Å²) in [6, 6.07) is 0. The third-order valence-electron chi connectivity index (χ3n) is 3.11. The van der Waals surface area contributed by atoms with Crippen LogP contribution in [0.2, 0.25) is 0 Å². The van der Waals surface area contributed by atoms with Crippen molar-refractivity contribution in [1.82, 2.24) is 15.0 Å². The van der Waals surface area contributed by atoms with E-state index in [4.69, 9.17) is 15.6 Å². The highest BCUT2D eigenvalue weighted by Gasteiger charge is 2.20. The monoisotopic (exact) mass is 254 g/mol. The molecule has 2 rings (SSSR count). The molecule has 1 aliphatic rings. The van der Waals surface area contributed by atoms with Gasteiger partial charge in [-0.15, -0.1) is 5.10 Å². The Balaban J connectivity index is 2.04. The number of carboxylic acid groups (broad SMARTS) is 1. The topological polar surface area (TPSA) is 103 Å². The van der Waals surface area contributed by atoms with Gasteiger partial charge in [-0.25, -0.2) is 9.48 Å². The largest absolute Gasteiger partial charge is 0.476 e. The minimum Gasteiger partial charge on any atom is -0.476 e. The predicted molar refractivity (Wildman–Crippen MR) is 63.3 cm³/mol. The van der Waals surface area contributed by atoms with E-state index in [9.17, 15) is 4.79 Å². The summed E-state index contributed by atoms with van der Waals surface area (Å²) in [5.41, 5.74) is 6.10. The summed E-state index contributed by atoms with van der Waals surface area (Å²) >= 11 is 0. The number of hydrogen-bond acceptors (Lipinski definition) is 5. The molecule has 1 aliphatic heterocycles. The maximum absolute atomic E-state index is 11.0. The molecular formula is C11H18N4O3. The molecule has 1 unspecified atom stereocenters. The van der Waals surface area contributed by atoms with Crippen LogP contribution < -0.4 is 5.73 Å². The number of ether oxygens (including phenoxy) is 1. The molecule has 18 heavy (non-hydrogen) atoms. The molecular weight excluding hydrogens is 236 g/mol. The Bertz CT molecular complexity index is 412. The fraction of sp³-hybridized carbons (Fsp3) is 0.727. The molecule has 1 aromatic rings. The van der Waals surface area contributed by atoms with Crippen LogP contribution in [-0.4, -0.2) is 45.3 Å². The van der Waals surface area contributed by atoms with Crippen molar-refractivity contribution in [2.45, 2.75) is 38.3 Å². The van der Waals surface area contributed by atoms with Gasteiger partial charge in [0.1, 0.15) is 0 Å². The van der Waals surface area contributed by atoms with Gasteiger partial charge in [0, 0.05) is 19.6 Å². The molecule has 0 aromatic carbocycles. The van der Waals surface area contributed by atoms with Gasteiger partial charge in [-0.2, -0.15) is 0 Å². The molecule has 7 heteroatoms. The van der Waals surface area contributed by atoms with Gasteiger partial charge in [-0.3, -0.25) is 0 Å². The number of carboxylic acids is 1. The predicted octanol–water partition coefficient (Wildman–Crippen LogP) is 0.0466. The second kappa shape index (κ2) is 5.92. The summed E-state index contributed by atoms with van der Waals surface area (Å²) in [6.07, 6.45) is 3.72. The van der Waals surface area contributed by atoms with Gasteiger partial charge in [-0.05, 0) is 25.8 Å². The normalized spacial score (nSPS) is 19.3. The average molecular weight is 254 g/mol. The van der Waals surface area contributed by atoms with Crippen molar-refractivity contribution < 1.29 is 14.6 Å². The molecule has 1 saturated heterocycles. The van der Waals surface area contributed by atoms with Crippen LogP contribution in [0.25, 0.3) is 0 Å². The first-order chi connectivity index (χ1) is 8.72. The quantitative estimate of drug-likeness (QED) is 0.743. The first-order valence-corrected chi connectivity index (χ1v) is 6.19. The van der Waals surface area contributed by atoms with Crippen LogP contribution in [0, 0.1) is 0 Å². The molecule has 0 radical (unpaired) electrons. The molecule has 7 nitrogen and oxygen atoms in total. The fourth-order valence-electron chi connectivity index (χ4n) is 2.20. The molecule has 1 aromatic heterocycles. The van der Waals surface area contributed by atoms with E-state index in [0.29, 0.717) is 25.2 Å². The van der Waals surface area contributed by atoms with E-state index < -0.39 is 5.97 Å². The summed E-state index contributed by atoms with van der Waals surface area (Å²) in [4.78, 5) is 11.0. The minimum absolute atomic E-state index is 0.00721. The number of aryl methyl sites for hydroxylation is 1. The second-order valence-corrected chi connectivity index (χ2v) is 4.38. The van der Waals surface area contributed by atoms with E-state index in [2.05, 4.69) is 10.3 Å². The summed E-state index contributed by atoms with van der Waals surface area (Å²) in [6.45, 7) is 1.83. The van der Waals surface area contributed by atoms with Crippen LogP contribution in [0.4, 0.5) is 0 Å². The molecule has 100 valence electrons. The van der Waals surface area contributed by atoms with Crippen LogP contribution >= 0.6 is 0 Å². The van der Waals surface area contributed by atoms with E-state index in [1.165, 1.54) is 0 Å². The highest BCUT2D eigenvalue weighted by Crippen LogP contribution is 2.17. The maximum atomic E-state index is 11.0. The first kappa shape index (κ1) is 13.0. The van der Waals surface area contributed by atoms with Crippen molar-refractivity contribution in [2.75, 3.05) is 13.2 Å². The second-order valence-electron chi connectivity index (χ2n) is 4.38. The Morgan fingerprint density at radius 2 is 2.44 bits per heavy atom. The Kier molecular flexibility index (Phi) is 4.27. The first-order valence-electron chi connectivity index (χ1n) is 6.19. The average Bonchev–Trinajstić information content (AvgIpc) is 2.95. The van der Waals surface area contributed by atoms with Crippen molar-refractivity contribution in [3.63, 3.8) is 0 Å². The van der Waals surface area contributed by atoms with Gasteiger partial charge in [0.25, 0.3) is 0 Å². The highest BCUT2D eigenvalue weighted by atomic mass is 16.5. The molecule has 0 spiro atoms. The zero-order valence-corrected chi connectivity index (χ0v) is 10.2. The lowest BCUT2D eigenvalue weighted by atomic mass is 10.2. The molecule has 0 saturated carbocycles. The van der Waals surface area contributed by atoms with Crippen molar-refractivity contribution >= 4 is 5.97 Å². The third kappa shape index (κ3) is 2.85. The lowest BCUT2D eigenvalue weighted by Gasteiger charge is -2.10. The van der Waals surface area contributed by atoms with E-state index in [1.54, 1.807) is 4.68 Å². The minimum atomic E-state index is -1.05. The molecule has 0 bridgehead atoms. The standard InChI is InChI=1S/C11H18N4O3/c12-5-3-9-10(11(16)17)13-14-15(9)6-4-8-2-1-7-18-8/h8H,1-7,12H2,(H,16,17). The number of rotatable bonds is 6. The van der Waals surface area contributed by atoms with E-state index in [0.717, 1.165) is 25.9 Å². The number of carbonyl (C=O) groups is 1. The van der Waals surface area contributed by atoms with Gasteiger partial charge in [-0.1, -0.05) is 5.21 Å². The third-order valence-corrected chi connectivity index (χ3v) is 3.11. The number of hydrogen-bond donors (Lipinski definition) is 2. The van der Waals surface area contributed by atoms with Crippen molar-refractivity contribution in [3.8, 4) is 0 Å². The van der Waals surface area contributed by atoms with E-state index in [-0.39, 0.29) is 11.8 Å². The van der Waals surface area contributed by atoms with Crippen LogP contribution in [0.15, 0.2) is 0 Å². The van der Waals surface area contributed by atoms with E-state index in [1.807, 2.05) is 0 Å². The molecule has 0 amide bonds. The van der Waals surface area contributed by atoms with Crippen molar-refractivity contribution in [3.05, 3.63) is 11.4 Å². The van der Waals surface area contributed by atoms with Crippen LogP contribution in [0.5, 0.6) is 0 Å². The summed E-state index contributed by atoms with van der Waals surface area (Å²) in [5.74, 6) is -1.05. The fourth-order valence-corrected chi connectivity index (χ4v) is 2.20. The lowest BCUT2D eigenvalue weighted by Crippen LogP contribution is -2.16. The summed E-state index contributed by atoms with van der Waals surface area (Å²) < 4.78 is 7.16. The summed E-state index contributed by atoms with van der Waals surface area (Å²) in [5, 5.41) is 16.6. The van der Waals surface area contributed by atoms with Gasteiger partial charge in [0.15, 0.2) is 5.69 Å². The Morgan fingerprint density at radius 3 is 3.06 bits per heavy atom. The molecule has 1 atom stereocenters. The Morgan fingerprint density at radius 1 is 1.61 bits per heavy atom. The number of nitrogens with zero attached hydrogens (tertiary/aromatic N) is 3. The number of nitrogens with two attached hydrogens (primary N) is 1. The van der Waals surface area contributed by atoms with Crippen LogP contribution in [0.3, 0.4) is 0 Å². The highest BCUT2D eigenvalue weighted by molar-refractivity contribution is 5.86. The van der Waals surface area contributed by atoms with Gasteiger partial charge in [0.05, 0.1) is 11.8 Å². The smallest absolute Gasteiger partial charge is 0.358 e. The molecule has 0 aliphatic carbocycles. The Hall–Kier alpha value is -1.47. The molecule has 1 fully saturated rings. The number of aromatic nitrogens is 3. The number of aromatic carboxylic acids is 1. The van der Waals surface area contributed by atoms with Crippen molar-refractivity contribution in [2.24, 2.45) is 5.73 Å². The maximum Gasteiger partial charge on any atom is 0.358 e. The van der Waals surface area contributed by atoms with Crippen LogP contribution in [0.1, 0.15) is 35.4 Å². The SMILES string of the molecule is NCCc1c(C(=O)O)nnn1CCC1CCCO1. The van der Waals surface area contributed by atoms with Crippen molar-refractivity contribution in [1.29, 1.82) is 0 Å². The molecule has 3 N–H and O–H groups in total. The van der Waals surface area contributed by atoms with Gasteiger partial charge in [0.2, 0.25) is 0 Å².